The van der Waals surface area contributed by atoms with Crippen molar-refractivity contribution in [2.75, 3.05) is 0 Å². The van der Waals surface area contributed by atoms with Crippen LogP contribution in [0.25, 0.3) is 5.69 Å². The second kappa shape index (κ2) is 8.08. The highest BCUT2D eigenvalue weighted by Gasteiger charge is 2.34. The molecule has 0 fully saturated rings. The predicted octanol–water partition coefficient (Wildman–Crippen LogP) is 2.96. The van der Waals surface area contributed by atoms with Crippen molar-refractivity contribution in [1.29, 1.82) is 5.26 Å². The zero-order valence-electron chi connectivity index (χ0n) is 17.2. The van der Waals surface area contributed by atoms with Crippen LogP contribution < -0.4 is 5.32 Å². The van der Waals surface area contributed by atoms with Crippen LogP contribution in [0, 0.1) is 17.2 Å². The molecule has 0 radical (unpaired) electrons. The molecule has 7 heteroatoms. The lowest BCUT2D eigenvalue weighted by atomic mass is 9.90. The van der Waals surface area contributed by atoms with E-state index in [2.05, 4.69) is 16.5 Å². The quantitative estimate of drug-likeness (QED) is 0.760. The SMILES string of the molecule is CC(OC(=O)c1nn(-c2ccccc2)c2c1CCC2)C(=O)NC(C)(C#N)C(C)C. The van der Waals surface area contributed by atoms with Crippen molar-refractivity contribution >= 4 is 11.9 Å². The lowest BCUT2D eigenvalue weighted by molar-refractivity contribution is -0.130. The fourth-order valence-corrected chi connectivity index (χ4v) is 3.31. The fraction of sp³-hybridized carbons (Fsp3) is 0.455. The second-order valence-electron chi connectivity index (χ2n) is 7.88. The van der Waals surface area contributed by atoms with E-state index in [4.69, 9.17) is 4.74 Å². The van der Waals surface area contributed by atoms with Crippen molar-refractivity contribution in [2.24, 2.45) is 5.92 Å². The Kier molecular flexibility index (Phi) is 5.73. The van der Waals surface area contributed by atoms with Gasteiger partial charge in [-0.25, -0.2) is 9.48 Å². The number of hydrogen-bond donors (Lipinski definition) is 1. The van der Waals surface area contributed by atoms with Crippen LogP contribution >= 0.6 is 0 Å². The van der Waals surface area contributed by atoms with E-state index < -0.39 is 23.5 Å². The number of rotatable bonds is 6. The molecule has 1 aliphatic rings. The number of para-hydroxylation sites is 1. The summed E-state index contributed by atoms with van der Waals surface area (Å²) in [5, 5.41) is 16.5. The molecule has 29 heavy (non-hydrogen) atoms. The summed E-state index contributed by atoms with van der Waals surface area (Å²) in [5.41, 5.74) is 2.01. The first-order chi connectivity index (χ1) is 13.8. The highest BCUT2D eigenvalue weighted by molar-refractivity contribution is 5.92. The van der Waals surface area contributed by atoms with Gasteiger partial charge in [-0.3, -0.25) is 4.79 Å². The summed E-state index contributed by atoms with van der Waals surface area (Å²) >= 11 is 0. The van der Waals surface area contributed by atoms with Gasteiger partial charge in [0.25, 0.3) is 5.91 Å². The summed E-state index contributed by atoms with van der Waals surface area (Å²) in [5.74, 6) is -1.22. The molecule has 1 aromatic heterocycles. The third-order valence-corrected chi connectivity index (χ3v) is 5.55. The van der Waals surface area contributed by atoms with Crippen molar-refractivity contribution in [3.63, 3.8) is 0 Å². The van der Waals surface area contributed by atoms with Crippen molar-refractivity contribution in [2.45, 2.75) is 58.6 Å². The van der Waals surface area contributed by atoms with Gasteiger partial charge in [0.15, 0.2) is 11.8 Å². The van der Waals surface area contributed by atoms with Crippen LogP contribution in [0.1, 0.15) is 55.9 Å². The maximum Gasteiger partial charge on any atom is 0.359 e. The maximum atomic E-state index is 12.8. The number of hydrogen-bond acceptors (Lipinski definition) is 5. The standard InChI is InChI=1S/C22H26N4O3/c1-14(2)22(4,13-23)24-20(27)15(3)29-21(28)19-17-11-8-12-18(17)26(25-19)16-9-6-5-7-10-16/h5-7,9-10,14-15H,8,11-12H2,1-4H3,(H,24,27). The van der Waals surface area contributed by atoms with Gasteiger partial charge in [0.1, 0.15) is 5.54 Å². The van der Waals surface area contributed by atoms with Crippen LogP contribution in [0.15, 0.2) is 30.3 Å². The molecule has 7 nitrogen and oxygen atoms in total. The maximum absolute atomic E-state index is 12.8. The first kappa shape index (κ1) is 20.6. The Morgan fingerprint density at radius 3 is 2.55 bits per heavy atom. The number of nitrogens with zero attached hydrogens (tertiary/aromatic N) is 3. The van der Waals surface area contributed by atoms with E-state index in [9.17, 15) is 14.9 Å². The van der Waals surface area contributed by atoms with Crippen LogP contribution in [0.2, 0.25) is 0 Å². The molecule has 2 aromatic rings. The Labute approximate surface area is 170 Å². The molecule has 1 heterocycles. The van der Waals surface area contributed by atoms with E-state index in [1.165, 1.54) is 6.92 Å². The summed E-state index contributed by atoms with van der Waals surface area (Å²) in [4.78, 5) is 25.3. The molecule has 0 saturated heterocycles. The van der Waals surface area contributed by atoms with Gasteiger partial charge >= 0.3 is 5.97 Å². The Balaban J connectivity index is 1.78. The molecule has 2 atom stereocenters. The first-order valence-electron chi connectivity index (χ1n) is 9.87. The summed E-state index contributed by atoms with van der Waals surface area (Å²) < 4.78 is 7.19. The van der Waals surface area contributed by atoms with Gasteiger partial charge in [-0.2, -0.15) is 10.4 Å². The van der Waals surface area contributed by atoms with Crippen molar-refractivity contribution in [3.8, 4) is 11.8 Å². The first-order valence-corrected chi connectivity index (χ1v) is 9.87. The summed E-state index contributed by atoms with van der Waals surface area (Å²) in [6, 6.07) is 11.8. The molecule has 0 bridgehead atoms. The van der Waals surface area contributed by atoms with E-state index in [0.717, 1.165) is 36.2 Å². The lowest BCUT2D eigenvalue weighted by Crippen LogP contribution is -2.52. The number of nitrogens with one attached hydrogen (secondary N) is 1. The Bertz CT molecular complexity index is 958. The topological polar surface area (TPSA) is 97.0 Å². The average molecular weight is 394 g/mol. The number of nitriles is 1. The molecular formula is C22H26N4O3. The van der Waals surface area contributed by atoms with Crippen LogP contribution in [0.5, 0.6) is 0 Å². The van der Waals surface area contributed by atoms with Crippen molar-refractivity contribution in [3.05, 3.63) is 47.3 Å². The molecule has 3 rings (SSSR count). The normalized spacial score (nSPS) is 15.9. The van der Waals surface area contributed by atoms with E-state index in [-0.39, 0.29) is 11.6 Å². The van der Waals surface area contributed by atoms with Gasteiger partial charge in [0, 0.05) is 11.3 Å². The zero-order valence-corrected chi connectivity index (χ0v) is 17.2. The lowest BCUT2D eigenvalue weighted by Gasteiger charge is -2.28. The number of ether oxygens (including phenoxy) is 1. The average Bonchev–Trinajstić information content (AvgIpc) is 3.30. The van der Waals surface area contributed by atoms with Gasteiger partial charge < -0.3 is 10.1 Å². The van der Waals surface area contributed by atoms with Gasteiger partial charge in [0.05, 0.1) is 11.8 Å². The van der Waals surface area contributed by atoms with Gasteiger partial charge in [0.2, 0.25) is 0 Å². The van der Waals surface area contributed by atoms with Crippen LogP contribution in [0.4, 0.5) is 0 Å². The second-order valence-corrected chi connectivity index (χ2v) is 7.88. The molecule has 0 saturated carbocycles. The molecule has 1 amide bonds. The monoisotopic (exact) mass is 394 g/mol. The largest absolute Gasteiger partial charge is 0.448 e. The fourth-order valence-electron chi connectivity index (χ4n) is 3.31. The molecule has 1 N–H and O–H groups in total. The molecule has 0 spiro atoms. The molecule has 0 aliphatic heterocycles. The smallest absolute Gasteiger partial charge is 0.359 e. The van der Waals surface area contributed by atoms with E-state index in [0.29, 0.717) is 0 Å². The highest BCUT2D eigenvalue weighted by Crippen LogP contribution is 2.28. The minimum Gasteiger partial charge on any atom is -0.448 e. The number of carbonyl (C=O) groups is 2. The van der Waals surface area contributed by atoms with E-state index >= 15 is 0 Å². The summed E-state index contributed by atoms with van der Waals surface area (Å²) in [6.07, 6.45) is 1.51. The Morgan fingerprint density at radius 1 is 1.24 bits per heavy atom. The summed E-state index contributed by atoms with van der Waals surface area (Å²) in [6.45, 7) is 6.84. The Morgan fingerprint density at radius 2 is 1.93 bits per heavy atom. The van der Waals surface area contributed by atoms with Crippen LogP contribution in [-0.4, -0.2) is 33.3 Å². The number of aromatic nitrogens is 2. The Hall–Kier alpha value is -3.14. The van der Waals surface area contributed by atoms with Crippen molar-refractivity contribution < 1.29 is 14.3 Å². The van der Waals surface area contributed by atoms with Gasteiger partial charge in [-0.1, -0.05) is 32.0 Å². The van der Waals surface area contributed by atoms with E-state index in [1.807, 2.05) is 44.2 Å². The number of esters is 1. The van der Waals surface area contributed by atoms with Crippen molar-refractivity contribution in [1.82, 2.24) is 15.1 Å². The summed E-state index contributed by atoms with van der Waals surface area (Å²) in [7, 11) is 0. The van der Waals surface area contributed by atoms with Crippen LogP contribution in [0.3, 0.4) is 0 Å². The highest BCUT2D eigenvalue weighted by atomic mass is 16.5. The van der Waals surface area contributed by atoms with Gasteiger partial charge in [-0.05, 0) is 51.2 Å². The number of carbonyl (C=O) groups excluding carboxylic acids is 2. The zero-order chi connectivity index (χ0) is 21.2. The van der Waals surface area contributed by atoms with E-state index in [1.54, 1.807) is 11.6 Å². The third-order valence-electron chi connectivity index (χ3n) is 5.55. The third kappa shape index (κ3) is 4.02. The molecule has 2 unspecified atom stereocenters. The number of amides is 1. The number of fused-ring (bicyclic) bond motifs is 1. The molecule has 1 aromatic carbocycles. The predicted molar refractivity (Wildman–Crippen MR) is 107 cm³/mol. The number of benzene rings is 1. The minimum absolute atomic E-state index is 0.0933. The minimum atomic E-state index is -1.03. The molecule has 1 aliphatic carbocycles. The van der Waals surface area contributed by atoms with Gasteiger partial charge in [-0.15, -0.1) is 0 Å². The molecular weight excluding hydrogens is 368 g/mol. The molecule has 152 valence electrons. The van der Waals surface area contributed by atoms with Crippen LogP contribution in [-0.2, 0) is 22.4 Å².